The van der Waals surface area contributed by atoms with E-state index in [9.17, 15) is 4.79 Å². The Labute approximate surface area is 180 Å². The predicted octanol–water partition coefficient (Wildman–Crippen LogP) is 0.399. The summed E-state index contributed by atoms with van der Waals surface area (Å²) in [5.74, 6) is -0.0576. The Hall–Kier alpha value is -1.27. The van der Waals surface area contributed by atoms with E-state index in [4.69, 9.17) is 37.9 Å². The van der Waals surface area contributed by atoms with Crippen molar-refractivity contribution in [1.29, 1.82) is 0 Å². The van der Waals surface area contributed by atoms with Crippen molar-refractivity contribution in [2.24, 2.45) is 0 Å². The van der Waals surface area contributed by atoms with Crippen molar-refractivity contribution in [2.45, 2.75) is 6.92 Å². The number of rotatable bonds is 25. The van der Waals surface area contributed by atoms with Gasteiger partial charge in [-0.05, 0) is 0 Å². The Morgan fingerprint density at radius 2 is 0.900 bits per heavy atom. The summed E-state index contributed by atoms with van der Waals surface area (Å²) in [5.41, 5.74) is 0. The van der Waals surface area contributed by atoms with Crippen LogP contribution in [-0.2, 0) is 42.7 Å². The summed E-state index contributed by atoms with van der Waals surface area (Å²) in [6.45, 7) is 13.1. The van der Waals surface area contributed by atoms with E-state index in [-0.39, 0.29) is 5.91 Å². The monoisotopic (exact) mass is 437 g/mol. The fraction of sp³-hybridized carbons (Fsp3) is 0.850. The van der Waals surface area contributed by atoms with Gasteiger partial charge in [-0.2, -0.15) is 0 Å². The van der Waals surface area contributed by atoms with Crippen LogP contribution in [0.3, 0.4) is 0 Å². The van der Waals surface area contributed by atoms with Crippen molar-refractivity contribution in [1.82, 2.24) is 5.32 Å². The number of amides is 1. The summed E-state index contributed by atoms with van der Waals surface area (Å²) in [6.07, 6.45) is 1.39. The average Bonchev–Trinajstić information content (AvgIpc) is 2.73. The second-order valence-electron chi connectivity index (χ2n) is 5.81. The summed E-state index contributed by atoms with van der Waals surface area (Å²) in [4.78, 5) is 10.6. The topological polar surface area (TPSA) is 103 Å². The molecule has 0 aromatic heterocycles. The molecule has 10 heteroatoms. The standard InChI is InChI=1S/C20H39NO9/c1-3-23-6-7-25-10-11-27-14-15-29-18-19-30-17-16-28-13-12-26-9-8-24-5-4-21-20(2)22/h3H,1,4-19H2,2H3,(H,21,22). The van der Waals surface area contributed by atoms with Crippen LogP contribution in [0, 0.1) is 0 Å². The van der Waals surface area contributed by atoms with Crippen LogP contribution >= 0.6 is 0 Å². The van der Waals surface area contributed by atoms with Gasteiger partial charge in [-0.1, -0.05) is 6.58 Å². The summed E-state index contributed by atoms with van der Waals surface area (Å²) in [7, 11) is 0. The molecule has 0 aliphatic heterocycles. The molecule has 0 saturated carbocycles. The first-order valence-electron chi connectivity index (χ1n) is 10.3. The highest BCUT2D eigenvalue weighted by Crippen LogP contribution is 1.85. The number of ether oxygens (including phenoxy) is 8. The molecular formula is C20H39NO9. The van der Waals surface area contributed by atoms with Crippen LogP contribution in [0.1, 0.15) is 6.92 Å². The molecule has 0 aromatic rings. The van der Waals surface area contributed by atoms with Gasteiger partial charge < -0.3 is 43.2 Å². The van der Waals surface area contributed by atoms with Gasteiger partial charge >= 0.3 is 0 Å². The van der Waals surface area contributed by atoms with Gasteiger partial charge in [-0.25, -0.2) is 0 Å². The quantitative estimate of drug-likeness (QED) is 0.161. The van der Waals surface area contributed by atoms with Crippen LogP contribution in [0.4, 0.5) is 0 Å². The van der Waals surface area contributed by atoms with Crippen molar-refractivity contribution in [3.05, 3.63) is 12.8 Å². The van der Waals surface area contributed by atoms with Crippen molar-refractivity contribution < 1.29 is 42.7 Å². The first kappa shape index (κ1) is 28.7. The van der Waals surface area contributed by atoms with Crippen molar-refractivity contribution in [3.63, 3.8) is 0 Å². The molecule has 0 atom stereocenters. The number of hydrogen-bond donors (Lipinski definition) is 1. The number of hydrogen-bond acceptors (Lipinski definition) is 9. The molecule has 0 rings (SSSR count). The second kappa shape index (κ2) is 25.8. The lowest BCUT2D eigenvalue weighted by Crippen LogP contribution is -2.25. The van der Waals surface area contributed by atoms with Crippen LogP contribution in [-0.4, -0.2) is 112 Å². The predicted molar refractivity (Wildman–Crippen MR) is 111 cm³/mol. The fourth-order valence-electron chi connectivity index (χ4n) is 1.91. The normalized spacial score (nSPS) is 10.8. The van der Waals surface area contributed by atoms with Gasteiger partial charge in [0.1, 0.15) is 6.61 Å². The molecule has 1 amide bonds. The van der Waals surface area contributed by atoms with Gasteiger partial charge in [-0.15, -0.1) is 0 Å². The Balaban J connectivity index is 3.00. The minimum absolute atomic E-state index is 0.0576. The van der Waals surface area contributed by atoms with Crippen molar-refractivity contribution in [3.8, 4) is 0 Å². The van der Waals surface area contributed by atoms with Crippen LogP contribution in [0.2, 0.25) is 0 Å². The maximum atomic E-state index is 10.6. The van der Waals surface area contributed by atoms with E-state index in [0.29, 0.717) is 106 Å². The van der Waals surface area contributed by atoms with Gasteiger partial charge in [0, 0.05) is 13.5 Å². The zero-order valence-electron chi connectivity index (χ0n) is 18.3. The lowest BCUT2D eigenvalue weighted by molar-refractivity contribution is -0.119. The van der Waals surface area contributed by atoms with Gasteiger partial charge in [-0.3, -0.25) is 4.79 Å². The molecule has 0 saturated heterocycles. The molecule has 30 heavy (non-hydrogen) atoms. The molecule has 0 aliphatic carbocycles. The lowest BCUT2D eigenvalue weighted by Gasteiger charge is -2.08. The third-order valence-electron chi connectivity index (χ3n) is 3.32. The highest BCUT2D eigenvalue weighted by atomic mass is 16.6. The van der Waals surface area contributed by atoms with Gasteiger partial charge in [0.25, 0.3) is 0 Å². The minimum Gasteiger partial charge on any atom is -0.499 e. The van der Waals surface area contributed by atoms with Crippen LogP contribution in [0.5, 0.6) is 0 Å². The highest BCUT2D eigenvalue weighted by Gasteiger charge is 1.95. The maximum Gasteiger partial charge on any atom is 0.216 e. The van der Waals surface area contributed by atoms with Crippen LogP contribution < -0.4 is 5.32 Å². The molecule has 10 nitrogen and oxygen atoms in total. The van der Waals surface area contributed by atoms with E-state index in [1.54, 1.807) is 0 Å². The van der Waals surface area contributed by atoms with E-state index in [0.717, 1.165) is 0 Å². The summed E-state index contributed by atoms with van der Waals surface area (Å²) < 4.78 is 42.4. The largest absolute Gasteiger partial charge is 0.499 e. The number of carbonyl (C=O) groups is 1. The third-order valence-corrected chi connectivity index (χ3v) is 3.32. The van der Waals surface area contributed by atoms with Gasteiger partial charge in [0.2, 0.25) is 5.91 Å². The van der Waals surface area contributed by atoms with Crippen LogP contribution in [0.25, 0.3) is 0 Å². The molecule has 0 heterocycles. The van der Waals surface area contributed by atoms with Crippen molar-refractivity contribution >= 4 is 5.91 Å². The minimum atomic E-state index is -0.0576. The molecular weight excluding hydrogens is 398 g/mol. The molecule has 0 spiro atoms. The van der Waals surface area contributed by atoms with Gasteiger partial charge in [0.15, 0.2) is 0 Å². The van der Waals surface area contributed by atoms with E-state index >= 15 is 0 Å². The molecule has 0 fully saturated rings. The van der Waals surface area contributed by atoms with E-state index < -0.39 is 0 Å². The fourth-order valence-corrected chi connectivity index (χ4v) is 1.91. The van der Waals surface area contributed by atoms with Gasteiger partial charge in [0.05, 0.1) is 98.8 Å². The zero-order chi connectivity index (χ0) is 22.0. The summed E-state index contributed by atoms with van der Waals surface area (Å²) >= 11 is 0. The summed E-state index contributed by atoms with van der Waals surface area (Å²) in [6, 6.07) is 0. The molecule has 0 aliphatic rings. The maximum absolute atomic E-state index is 10.6. The molecule has 0 aromatic carbocycles. The highest BCUT2D eigenvalue weighted by molar-refractivity contribution is 5.72. The SMILES string of the molecule is C=COCCOCCOCCOCCOCCOCCOCCOCCNC(C)=O. The van der Waals surface area contributed by atoms with E-state index in [2.05, 4.69) is 11.9 Å². The third kappa shape index (κ3) is 26.7. The molecule has 178 valence electrons. The average molecular weight is 438 g/mol. The first-order valence-corrected chi connectivity index (χ1v) is 10.3. The van der Waals surface area contributed by atoms with E-state index in [1.165, 1.54) is 13.2 Å². The molecule has 1 N–H and O–H groups in total. The zero-order valence-corrected chi connectivity index (χ0v) is 18.3. The Morgan fingerprint density at radius 1 is 0.600 bits per heavy atom. The number of carbonyl (C=O) groups excluding carboxylic acids is 1. The van der Waals surface area contributed by atoms with Crippen molar-refractivity contribution in [2.75, 3.05) is 106 Å². The Bertz CT molecular complexity index is 372. The second-order valence-corrected chi connectivity index (χ2v) is 5.81. The van der Waals surface area contributed by atoms with E-state index in [1.807, 2.05) is 0 Å². The smallest absolute Gasteiger partial charge is 0.216 e. The Kier molecular flexibility index (Phi) is 24.7. The Morgan fingerprint density at radius 3 is 1.20 bits per heavy atom. The number of nitrogens with one attached hydrogen (secondary N) is 1. The molecule has 0 bridgehead atoms. The molecule has 0 unspecified atom stereocenters. The van der Waals surface area contributed by atoms with Crippen LogP contribution in [0.15, 0.2) is 12.8 Å². The lowest BCUT2D eigenvalue weighted by atomic mass is 10.6. The first-order chi connectivity index (χ1) is 14.8. The molecule has 0 radical (unpaired) electrons. The summed E-state index contributed by atoms with van der Waals surface area (Å²) in [5, 5.41) is 2.65.